The lowest BCUT2D eigenvalue weighted by Gasteiger charge is -2.06. The van der Waals surface area contributed by atoms with E-state index in [9.17, 15) is 0 Å². The average Bonchev–Trinajstić information content (AvgIpc) is 2.47. The number of ether oxygens (including phenoxy) is 1. The summed E-state index contributed by atoms with van der Waals surface area (Å²) in [6, 6.07) is 11.1. The summed E-state index contributed by atoms with van der Waals surface area (Å²) in [6.45, 7) is 0. The summed E-state index contributed by atoms with van der Waals surface area (Å²) >= 11 is 5.81. The van der Waals surface area contributed by atoms with Crippen LogP contribution >= 0.6 is 11.6 Å². The molecule has 1 aromatic carbocycles. The van der Waals surface area contributed by atoms with Gasteiger partial charge in [-0.2, -0.15) is 4.98 Å². The number of pyridine rings is 1. The van der Waals surface area contributed by atoms with Crippen molar-refractivity contribution < 1.29 is 4.74 Å². The fourth-order valence-electron chi connectivity index (χ4n) is 1.51. The number of halogens is 1. The molecule has 0 N–H and O–H groups in total. The predicted molar refractivity (Wildman–Crippen MR) is 63.0 cm³/mol. The van der Waals surface area contributed by atoms with Gasteiger partial charge in [-0.05, 0) is 24.3 Å². The van der Waals surface area contributed by atoms with Gasteiger partial charge in [0.25, 0.3) is 0 Å². The normalized spacial score (nSPS) is 12.3. The zero-order valence-electron chi connectivity index (χ0n) is 8.22. The molecule has 2 heterocycles. The predicted octanol–water partition coefficient (Wildman–Crippen LogP) is 3.59. The van der Waals surface area contributed by atoms with E-state index < -0.39 is 0 Å². The van der Waals surface area contributed by atoms with Crippen LogP contribution in [0.1, 0.15) is 5.56 Å². The number of aliphatic imine (C=N–C) groups is 1. The molecule has 0 saturated carbocycles. The number of rotatable bonds is 0. The van der Waals surface area contributed by atoms with E-state index in [2.05, 4.69) is 9.98 Å². The minimum absolute atomic E-state index is 0.397. The lowest BCUT2D eigenvalue weighted by Crippen LogP contribution is -1.89. The summed E-state index contributed by atoms with van der Waals surface area (Å²) in [4.78, 5) is 8.40. The van der Waals surface area contributed by atoms with E-state index in [0.29, 0.717) is 16.7 Å². The van der Waals surface area contributed by atoms with E-state index in [4.69, 9.17) is 16.3 Å². The second kappa shape index (κ2) is 3.61. The summed E-state index contributed by atoms with van der Waals surface area (Å²) in [5.74, 6) is 1.17. The van der Waals surface area contributed by atoms with Crippen molar-refractivity contribution in [3.8, 4) is 11.6 Å². The van der Waals surface area contributed by atoms with Gasteiger partial charge < -0.3 is 4.74 Å². The highest BCUT2D eigenvalue weighted by atomic mass is 35.5. The third kappa shape index (κ3) is 1.55. The zero-order chi connectivity index (χ0) is 11.0. The molecule has 0 atom stereocenters. The molecule has 0 saturated heterocycles. The topological polar surface area (TPSA) is 34.5 Å². The molecular weight excluding hydrogens is 224 g/mol. The van der Waals surface area contributed by atoms with Crippen LogP contribution in [0.3, 0.4) is 0 Å². The molecule has 0 aliphatic carbocycles. The molecule has 1 aliphatic rings. The lowest BCUT2D eigenvalue weighted by atomic mass is 10.2. The first-order valence-electron chi connectivity index (χ1n) is 4.80. The average molecular weight is 231 g/mol. The molecule has 3 rings (SSSR count). The summed E-state index contributed by atoms with van der Waals surface area (Å²) in [5.41, 5.74) is 1.61. The number of aromatic nitrogens is 1. The van der Waals surface area contributed by atoms with Gasteiger partial charge in [0.15, 0.2) is 0 Å². The maximum Gasteiger partial charge on any atom is 0.246 e. The fraction of sp³-hybridized carbons (Fsp3) is 0. The quantitative estimate of drug-likeness (QED) is 0.553. The van der Waals surface area contributed by atoms with Gasteiger partial charge in [0.1, 0.15) is 16.6 Å². The molecule has 1 aromatic heterocycles. The van der Waals surface area contributed by atoms with Crippen LogP contribution in [-0.2, 0) is 0 Å². The van der Waals surface area contributed by atoms with E-state index in [-0.39, 0.29) is 0 Å². The van der Waals surface area contributed by atoms with Crippen molar-refractivity contribution in [2.24, 2.45) is 4.99 Å². The number of para-hydroxylation sites is 1. The van der Waals surface area contributed by atoms with Crippen LogP contribution in [0.15, 0.2) is 41.4 Å². The number of hydrogen-bond acceptors (Lipinski definition) is 3. The Morgan fingerprint density at radius 1 is 1.06 bits per heavy atom. The number of hydrogen-bond donors (Lipinski definition) is 0. The van der Waals surface area contributed by atoms with Gasteiger partial charge in [0.05, 0.1) is 0 Å². The van der Waals surface area contributed by atoms with Crippen LogP contribution in [0.4, 0.5) is 5.69 Å². The van der Waals surface area contributed by atoms with Crippen molar-refractivity contribution in [2.75, 3.05) is 0 Å². The van der Waals surface area contributed by atoms with E-state index in [1.165, 1.54) is 0 Å². The highest BCUT2D eigenvalue weighted by Crippen LogP contribution is 2.34. The molecule has 0 bridgehead atoms. The second-order valence-corrected chi connectivity index (χ2v) is 3.74. The van der Waals surface area contributed by atoms with Gasteiger partial charge >= 0.3 is 0 Å². The van der Waals surface area contributed by atoms with Gasteiger partial charge in [-0.1, -0.05) is 23.7 Å². The van der Waals surface area contributed by atoms with Crippen molar-refractivity contribution in [2.45, 2.75) is 0 Å². The molecule has 4 heteroatoms. The Balaban J connectivity index is 2.18. The summed E-state index contributed by atoms with van der Waals surface area (Å²) in [6.07, 6.45) is 1.76. The first-order chi connectivity index (χ1) is 7.83. The van der Waals surface area contributed by atoms with Crippen LogP contribution in [0.25, 0.3) is 0 Å². The second-order valence-electron chi connectivity index (χ2n) is 3.36. The van der Waals surface area contributed by atoms with Crippen LogP contribution in [0.2, 0.25) is 5.15 Å². The zero-order valence-corrected chi connectivity index (χ0v) is 8.98. The van der Waals surface area contributed by atoms with E-state index in [0.717, 1.165) is 11.3 Å². The first kappa shape index (κ1) is 9.36. The smallest absolute Gasteiger partial charge is 0.246 e. The van der Waals surface area contributed by atoms with Gasteiger partial charge in [-0.15, -0.1) is 0 Å². The fourth-order valence-corrected chi connectivity index (χ4v) is 1.65. The van der Waals surface area contributed by atoms with Gasteiger partial charge in [0, 0.05) is 11.8 Å². The summed E-state index contributed by atoms with van der Waals surface area (Å²) < 4.78 is 5.66. The Kier molecular flexibility index (Phi) is 2.11. The highest BCUT2D eigenvalue weighted by molar-refractivity contribution is 6.29. The Hall–Kier alpha value is -1.87. The number of fused-ring (bicyclic) bond motifs is 2. The monoisotopic (exact) mass is 230 g/mol. The molecule has 3 nitrogen and oxygen atoms in total. The van der Waals surface area contributed by atoms with Gasteiger partial charge in [-0.25, -0.2) is 0 Å². The van der Waals surface area contributed by atoms with Crippen molar-refractivity contribution in [1.29, 1.82) is 0 Å². The Bertz CT molecular complexity index is 581. The number of benzene rings is 1. The molecule has 0 amide bonds. The molecule has 78 valence electrons. The van der Waals surface area contributed by atoms with Crippen molar-refractivity contribution in [3.63, 3.8) is 0 Å². The van der Waals surface area contributed by atoms with Crippen molar-refractivity contribution >= 4 is 23.5 Å². The molecule has 16 heavy (non-hydrogen) atoms. The van der Waals surface area contributed by atoms with Gasteiger partial charge in [-0.3, -0.25) is 4.99 Å². The molecule has 1 aliphatic heterocycles. The third-order valence-electron chi connectivity index (χ3n) is 2.27. The minimum Gasteiger partial charge on any atom is -0.436 e. The van der Waals surface area contributed by atoms with Crippen molar-refractivity contribution in [1.82, 2.24) is 4.98 Å². The first-order valence-corrected chi connectivity index (χ1v) is 5.18. The SMILES string of the molecule is Clc1ccc2c(n1)Oc1ccccc1C=N2. The summed E-state index contributed by atoms with van der Waals surface area (Å²) in [7, 11) is 0. The molecular formula is C12H7ClN2O. The standard InChI is InChI=1S/C12H7ClN2O/c13-11-6-5-9-12(15-11)16-10-4-2-1-3-8(10)7-14-9/h1-7H. The van der Waals surface area contributed by atoms with Crippen LogP contribution in [-0.4, -0.2) is 11.2 Å². The van der Waals surface area contributed by atoms with E-state index in [1.54, 1.807) is 18.3 Å². The highest BCUT2D eigenvalue weighted by Gasteiger charge is 2.12. The van der Waals surface area contributed by atoms with Crippen molar-refractivity contribution in [3.05, 3.63) is 47.1 Å². The minimum atomic E-state index is 0.397. The van der Waals surface area contributed by atoms with Crippen LogP contribution in [0.5, 0.6) is 11.6 Å². The maximum absolute atomic E-state index is 5.81. The molecule has 0 spiro atoms. The molecule has 0 radical (unpaired) electrons. The van der Waals surface area contributed by atoms with Crippen LogP contribution in [0, 0.1) is 0 Å². The Morgan fingerprint density at radius 2 is 1.94 bits per heavy atom. The molecule has 2 aromatic rings. The largest absolute Gasteiger partial charge is 0.436 e. The molecule has 0 unspecified atom stereocenters. The number of nitrogens with zero attached hydrogens (tertiary/aromatic N) is 2. The summed E-state index contributed by atoms with van der Waals surface area (Å²) in [5, 5.41) is 0.397. The lowest BCUT2D eigenvalue weighted by molar-refractivity contribution is 0.465. The van der Waals surface area contributed by atoms with Crippen LogP contribution < -0.4 is 4.74 Å². The Morgan fingerprint density at radius 3 is 2.88 bits per heavy atom. The maximum atomic E-state index is 5.81. The molecule has 0 fully saturated rings. The van der Waals surface area contributed by atoms with Gasteiger partial charge in [0.2, 0.25) is 5.88 Å². The van der Waals surface area contributed by atoms with E-state index in [1.807, 2.05) is 24.3 Å². The third-order valence-corrected chi connectivity index (χ3v) is 2.49. The van der Waals surface area contributed by atoms with E-state index >= 15 is 0 Å². The Labute approximate surface area is 97.4 Å².